The first kappa shape index (κ1) is 41.7. The summed E-state index contributed by atoms with van der Waals surface area (Å²) in [4.78, 5) is 72.5. The zero-order chi connectivity index (χ0) is 38.9. The van der Waals surface area contributed by atoms with Crippen LogP contribution in [0.3, 0.4) is 0 Å². The van der Waals surface area contributed by atoms with Crippen LogP contribution in [-0.4, -0.2) is 86.7 Å². The van der Waals surface area contributed by atoms with E-state index in [9.17, 15) is 29.1 Å². The molecule has 4 N–H and O–H groups in total. The number of nitrogens with zero attached hydrogens (tertiary/aromatic N) is 2. The largest absolute Gasteiger partial charge is 0.488 e. The topological polar surface area (TPSA) is 176 Å². The molecule has 0 spiro atoms. The van der Waals surface area contributed by atoms with E-state index in [1.807, 2.05) is 41.5 Å². The highest BCUT2D eigenvalue weighted by Gasteiger charge is 2.39. The van der Waals surface area contributed by atoms with E-state index in [0.29, 0.717) is 42.8 Å². The number of carbonyl (C=O) groups is 5. The van der Waals surface area contributed by atoms with E-state index < -0.39 is 65.2 Å². The van der Waals surface area contributed by atoms with Gasteiger partial charge in [-0.15, -0.1) is 0 Å². The Labute approximate surface area is 307 Å². The molecule has 1 aromatic heterocycles. The van der Waals surface area contributed by atoms with Crippen molar-refractivity contribution in [3.8, 4) is 5.75 Å². The molecule has 1 aliphatic rings. The predicted octanol–water partition coefficient (Wildman–Crippen LogP) is 4.81. The number of ether oxygens (including phenoxy) is 2. The zero-order valence-electron chi connectivity index (χ0n) is 32.1. The maximum Gasteiger partial charge on any atom is 0.410 e. The second-order valence-corrected chi connectivity index (χ2v) is 16.5. The summed E-state index contributed by atoms with van der Waals surface area (Å²) in [6.07, 6.45) is 2.65. The summed E-state index contributed by atoms with van der Waals surface area (Å²) in [6.45, 7) is 17.3. The molecule has 2 heterocycles. The van der Waals surface area contributed by atoms with Crippen molar-refractivity contribution in [1.82, 2.24) is 25.8 Å². The Balaban J connectivity index is 1.91. The Morgan fingerprint density at radius 3 is 1.98 bits per heavy atom. The highest BCUT2D eigenvalue weighted by Crippen LogP contribution is 2.24. The first-order valence-electron chi connectivity index (χ1n) is 17.9. The number of likely N-dealkylation sites (tertiary alicyclic amines) is 1. The van der Waals surface area contributed by atoms with Crippen LogP contribution in [0.25, 0.3) is 0 Å². The minimum atomic E-state index is -1.22. The maximum absolute atomic E-state index is 14.2. The third-order valence-corrected chi connectivity index (χ3v) is 8.17. The standard InChI is InChI=1S/C39H57N5O8/c1-37(2,3)20-19-28(35(48)49)41-33(46)30(24-26-13-10-11-21-40-26)42-32(45)29(23-25-15-17-27(18-16-25)51-38(4,5)6)43-34(47)31-14-12-22-44(31)36(50)52-39(7,8)9/h10-11,13,15-18,21,28-31H,12,14,19-20,22-24H2,1-9H3,(H,41,46)(H,42,45)(H,43,47)(H,48,49)/t28-,29-,30-,31-/m0/s1. The van der Waals surface area contributed by atoms with Crippen LogP contribution in [0.15, 0.2) is 48.7 Å². The van der Waals surface area contributed by atoms with Crippen molar-refractivity contribution in [2.75, 3.05) is 6.54 Å². The number of aromatic nitrogens is 1. The van der Waals surface area contributed by atoms with Gasteiger partial charge in [-0.05, 0) is 102 Å². The van der Waals surface area contributed by atoms with Crippen molar-refractivity contribution in [2.45, 2.75) is 136 Å². The van der Waals surface area contributed by atoms with E-state index in [4.69, 9.17) is 9.47 Å². The van der Waals surface area contributed by atoms with Crippen LogP contribution in [-0.2, 0) is 36.8 Å². The van der Waals surface area contributed by atoms with Gasteiger partial charge in [0.1, 0.15) is 41.1 Å². The molecule has 1 saturated heterocycles. The van der Waals surface area contributed by atoms with E-state index in [1.165, 1.54) is 4.90 Å². The SMILES string of the molecule is CC(C)(C)CC[C@H](NC(=O)[C@H](Cc1ccccn1)NC(=O)[C@H](Cc1ccc(OC(C)(C)C)cc1)NC(=O)[C@@H]1CCCN1C(=O)OC(C)(C)C)C(=O)O. The lowest BCUT2D eigenvalue weighted by atomic mass is 9.88. The number of carboxylic acids is 1. The van der Waals surface area contributed by atoms with Crippen LogP contribution < -0.4 is 20.7 Å². The average molecular weight is 724 g/mol. The molecule has 13 nitrogen and oxygen atoms in total. The fourth-order valence-corrected chi connectivity index (χ4v) is 5.66. The van der Waals surface area contributed by atoms with E-state index >= 15 is 0 Å². The van der Waals surface area contributed by atoms with Crippen molar-refractivity contribution in [3.63, 3.8) is 0 Å². The summed E-state index contributed by atoms with van der Waals surface area (Å²) < 4.78 is 11.5. The van der Waals surface area contributed by atoms with E-state index in [-0.39, 0.29) is 24.7 Å². The van der Waals surface area contributed by atoms with Crippen LogP contribution in [0.5, 0.6) is 5.75 Å². The molecule has 1 fully saturated rings. The van der Waals surface area contributed by atoms with Gasteiger partial charge in [-0.25, -0.2) is 9.59 Å². The number of hydrogen-bond acceptors (Lipinski definition) is 8. The fourth-order valence-electron chi connectivity index (χ4n) is 5.66. The smallest absolute Gasteiger partial charge is 0.410 e. The molecule has 2 aromatic rings. The first-order valence-corrected chi connectivity index (χ1v) is 17.9. The van der Waals surface area contributed by atoms with Crippen molar-refractivity contribution < 1.29 is 38.6 Å². The van der Waals surface area contributed by atoms with Crippen LogP contribution in [0.2, 0.25) is 0 Å². The second kappa shape index (κ2) is 17.7. The van der Waals surface area contributed by atoms with Crippen molar-refractivity contribution in [2.24, 2.45) is 5.41 Å². The summed E-state index contributed by atoms with van der Waals surface area (Å²) >= 11 is 0. The molecule has 1 aromatic carbocycles. The lowest BCUT2D eigenvalue weighted by Gasteiger charge is -2.29. The first-order chi connectivity index (χ1) is 24.1. The molecule has 0 aliphatic carbocycles. The summed E-state index contributed by atoms with van der Waals surface area (Å²) in [7, 11) is 0. The highest BCUT2D eigenvalue weighted by atomic mass is 16.6. The van der Waals surface area contributed by atoms with Gasteiger partial charge in [0.25, 0.3) is 0 Å². The van der Waals surface area contributed by atoms with Gasteiger partial charge in [-0.1, -0.05) is 39.0 Å². The molecule has 3 rings (SSSR count). The van der Waals surface area contributed by atoms with E-state index in [0.717, 1.165) is 0 Å². The predicted molar refractivity (Wildman–Crippen MR) is 197 cm³/mol. The van der Waals surface area contributed by atoms with Crippen molar-refractivity contribution in [3.05, 3.63) is 59.9 Å². The van der Waals surface area contributed by atoms with E-state index in [1.54, 1.807) is 69.4 Å². The van der Waals surface area contributed by atoms with Gasteiger partial charge in [-0.2, -0.15) is 0 Å². The summed E-state index contributed by atoms with van der Waals surface area (Å²) in [5.74, 6) is -2.44. The maximum atomic E-state index is 14.2. The Hall–Kier alpha value is -4.68. The molecule has 286 valence electrons. The number of pyridine rings is 1. The fraction of sp³-hybridized carbons (Fsp3) is 0.590. The average Bonchev–Trinajstić information content (AvgIpc) is 3.52. The molecular weight excluding hydrogens is 666 g/mol. The number of amides is 4. The van der Waals surface area contributed by atoms with Gasteiger partial charge in [-0.3, -0.25) is 24.3 Å². The highest BCUT2D eigenvalue weighted by molar-refractivity contribution is 5.95. The number of hydrogen-bond donors (Lipinski definition) is 4. The molecular formula is C39H57N5O8. The van der Waals surface area contributed by atoms with Crippen LogP contribution >= 0.6 is 0 Å². The summed E-state index contributed by atoms with van der Waals surface area (Å²) in [5, 5.41) is 18.2. The second-order valence-electron chi connectivity index (χ2n) is 16.5. The van der Waals surface area contributed by atoms with Gasteiger partial charge >= 0.3 is 12.1 Å². The van der Waals surface area contributed by atoms with Gasteiger partial charge in [0, 0.05) is 31.3 Å². The quantitative estimate of drug-likeness (QED) is 0.213. The molecule has 13 heteroatoms. The van der Waals surface area contributed by atoms with Crippen LogP contribution in [0.4, 0.5) is 4.79 Å². The van der Waals surface area contributed by atoms with Crippen LogP contribution in [0, 0.1) is 5.41 Å². The number of carbonyl (C=O) groups excluding carboxylic acids is 4. The van der Waals surface area contributed by atoms with Crippen LogP contribution in [0.1, 0.15) is 99.3 Å². The Morgan fingerprint density at radius 1 is 0.827 bits per heavy atom. The molecule has 4 atom stereocenters. The lowest BCUT2D eigenvalue weighted by Crippen LogP contribution is -2.58. The molecule has 0 radical (unpaired) electrons. The van der Waals surface area contributed by atoms with Crippen molar-refractivity contribution in [1.29, 1.82) is 0 Å². The number of aliphatic carboxylic acids is 1. The third-order valence-electron chi connectivity index (χ3n) is 8.17. The third kappa shape index (κ3) is 14.1. The minimum Gasteiger partial charge on any atom is -0.488 e. The Kier molecular flexibility index (Phi) is 14.2. The van der Waals surface area contributed by atoms with Crippen molar-refractivity contribution >= 4 is 29.8 Å². The molecule has 4 amide bonds. The molecule has 0 saturated carbocycles. The monoisotopic (exact) mass is 723 g/mol. The summed E-state index contributed by atoms with van der Waals surface area (Å²) in [6, 6.07) is 7.88. The zero-order valence-corrected chi connectivity index (χ0v) is 32.1. The molecule has 0 unspecified atom stereocenters. The number of nitrogens with one attached hydrogen (secondary N) is 3. The summed E-state index contributed by atoms with van der Waals surface area (Å²) in [5.41, 5.74) is -0.147. The Bertz CT molecular complexity index is 1530. The van der Waals surface area contributed by atoms with E-state index in [2.05, 4.69) is 20.9 Å². The normalized spacial score (nSPS) is 16.6. The molecule has 0 bridgehead atoms. The molecule has 52 heavy (non-hydrogen) atoms. The lowest BCUT2D eigenvalue weighted by molar-refractivity contribution is -0.142. The number of benzene rings is 1. The van der Waals surface area contributed by atoms with Gasteiger partial charge in [0.2, 0.25) is 17.7 Å². The van der Waals surface area contributed by atoms with Gasteiger partial charge in [0.05, 0.1) is 0 Å². The molecule has 1 aliphatic heterocycles. The Morgan fingerprint density at radius 2 is 1.44 bits per heavy atom. The number of rotatable bonds is 14. The minimum absolute atomic E-state index is 0.0292. The van der Waals surface area contributed by atoms with Gasteiger partial charge < -0.3 is 30.5 Å². The number of carboxylic acid groups (broad SMARTS) is 1. The van der Waals surface area contributed by atoms with Gasteiger partial charge in [0.15, 0.2) is 0 Å².